The molecule has 2 amide bonds. The number of hydrogen-bond acceptors (Lipinski definition) is 5. The zero-order valence-electron chi connectivity index (χ0n) is 10.8. The topological polar surface area (TPSA) is 136 Å². The molecule has 112 valence electrons. The SMILES string of the molecule is CN(C)S(=O)(=O)CCNC(=O)N[C@@H](CCO)C(=O)O. The largest absolute Gasteiger partial charge is 0.480 e. The number of rotatable bonds is 8. The molecule has 0 aromatic rings. The first-order chi connectivity index (χ1) is 8.70. The molecule has 0 heterocycles. The van der Waals surface area contributed by atoms with Crippen LogP contribution in [0.2, 0.25) is 0 Å². The molecule has 0 unspecified atom stereocenters. The van der Waals surface area contributed by atoms with Crippen LogP contribution in [0, 0.1) is 0 Å². The lowest BCUT2D eigenvalue weighted by Crippen LogP contribution is -2.47. The highest BCUT2D eigenvalue weighted by Gasteiger charge is 2.19. The third kappa shape index (κ3) is 6.94. The normalized spacial score (nSPS) is 13.1. The molecular weight excluding hydrogens is 278 g/mol. The molecule has 0 saturated carbocycles. The molecule has 19 heavy (non-hydrogen) atoms. The molecule has 0 aromatic heterocycles. The van der Waals surface area contributed by atoms with Crippen LogP contribution in [-0.4, -0.2) is 74.0 Å². The van der Waals surface area contributed by atoms with Gasteiger partial charge in [0, 0.05) is 33.7 Å². The smallest absolute Gasteiger partial charge is 0.326 e. The van der Waals surface area contributed by atoms with Crippen LogP contribution in [-0.2, 0) is 14.8 Å². The van der Waals surface area contributed by atoms with Gasteiger partial charge in [-0.2, -0.15) is 0 Å². The second-order valence-corrected chi connectivity index (χ2v) is 6.20. The minimum Gasteiger partial charge on any atom is -0.480 e. The van der Waals surface area contributed by atoms with Crippen molar-refractivity contribution in [2.75, 3.05) is 33.0 Å². The summed E-state index contributed by atoms with van der Waals surface area (Å²) in [5.41, 5.74) is 0. The zero-order chi connectivity index (χ0) is 15.1. The molecular formula is C9H19N3O6S. The van der Waals surface area contributed by atoms with E-state index in [2.05, 4.69) is 10.6 Å². The fourth-order valence-corrected chi connectivity index (χ4v) is 1.80. The van der Waals surface area contributed by atoms with E-state index in [0.717, 1.165) is 4.31 Å². The molecule has 10 heteroatoms. The Morgan fingerprint density at radius 1 is 1.32 bits per heavy atom. The number of urea groups is 1. The number of aliphatic carboxylic acids is 1. The van der Waals surface area contributed by atoms with Crippen molar-refractivity contribution in [2.45, 2.75) is 12.5 Å². The van der Waals surface area contributed by atoms with Crippen molar-refractivity contribution >= 4 is 22.0 Å². The second kappa shape index (κ2) is 7.92. The van der Waals surface area contributed by atoms with Crippen LogP contribution >= 0.6 is 0 Å². The van der Waals surface area contributed by atoms with Crippen LogP contribution in [0.1, 0.15) is 6.42 Å². The van der Waals surface area contributed by atoms with E-state index in [1.54, 1.807) is 0 Å². The van der Waals surface area contributed by atoms with E-state index in [-0.39, 0.29) is 25.3 Å². The van der Waals surface area contributed by atoms with Crippen molar-refractivity contribution in [3.8, 4) is 0 Å². The van der Waals surface area contributed by atoms with Crippen molar-refractivity contribution in [1.82, 2.24) is 14.9 Å². The lowest BCUT2D eigenvalue weighted by atomic mass is 10.2. The maximum Gasteiger partial charge on any atom is 0.326 e. The van der Waals surface area contributed by atoms with Crippen molar-refractivity contribution in [1.29, 1.82) is 0 Å². The Hall–Kier alpha value is -1.39. The van der Waals surface area contributed by atoms with Crippen molar-refractivity contribution in [3.05, 3.63) is 0 Å². The number of carbonyl (C=O) groups is 2. The van der Waals surface area contributed by atoms with Gasteiger partial charge in [-0.3, -0.25) is 0 Å². The molecule has 0 fully saturated rings. The molecule has 0 bridgehead atoms. The second-order valence-electron chi connectivity index (χ2n) is 3.90. The van der Waals surface area contributed by atoms with Gasteiger partial charge in [0.25, 0.3) is 0 Å². The number of nitrogens with zero attached hydrogens (tertiary/aromatic N) is 1. The summed E-state index contributed by atoms with van der Waals surface area (Å²) in [5.74, 6) is -1.56. The maximum atomic E-state index is 11.4. The number of carbonyl (C=O) groups excluding carboxylic acids is 1. The Kier molecular flexibility index (Phi) is 7.34. The number of aliphatic hydroxyl groups is 1. The average molecular weight is 297 g/mol. The monoisotopic (exact) mass is 297 g/mol. The Bertz CT molecular complexity index is 408. The van der Waals surface area contributed by atoms with E-state index >= 15 is 0 Å². The molecule has 1 atom stereocenters. The minimum absolute atomic E-state index is 0.126. The molecule has 0 aliphatic carbocycles. The number of amides is 2. The predicted octanol–water partition coefficient (Wildman–Crippen LogP) is -1.99. The van der Waals surface area contributed by atoms with Crippen LogP contribution in [0.25, 0.3) is 0 Å². The van der Waals surface area contributed by atoms with Gasteiger partial charge in [-0.15, -0.1) is 0 Å². The lowest BCUT2D eigenvalue weighted by Gasteiger charge is -2.15. The summed E-state index contributed by atoms with van der Waals surface area (Å²) in [4.78, 5) is 22.0. The third-order valence-corrected chi connectivity index (χ3v) is 4.06. The van der Waals surface area contributed by atoms with Crippen LogP contribution in [0.3, 0.4) is 0 Å². The Labute approximate surface area is 111 Å². The van der Waals surface area contributed by atoms with Crippen LogP contribution in [0.15, 0.2) is 0 Å². The van der Waals surface area contributed by atoms with Gasteiger partial charge in [-0.1, -0.05) is 0 Å². The molecule has 9 nitrogen and oxygen atoms in total. The molecule has 0 radical (unpaired) electrons. The van der Waals surface area contributed by atoms with E-state index in [9.17, 15) is 18.0 Å². The van der Waals surface area contributed by atoms with Gasteiger partial charge in [0.05, 0.1) is 5.75 Å². The number of sulfonamides is 1. The summed E-state index contributed by atoms with van der Waals surface area (Å²) < 4.78 is 23.8. The standard InChI is InChI=1S/C9H19N3O6S/c1-12(2)19(17,18)6-4-10-9(16)11-7(3-5-13)8(14)15/h7,13H,3-6H2,1-2H3,(H,14,15)(H2,10,11,16)/t7-/m0/s1. The lowest BCUT2D eigenvalue weighted by molar-refractivity contribution is -0.139. The van der Waals surface area contributed by atoms with E-state index < -0.39 is 28.1 Å². The van der Waals surface area contributed by atoms with Crippen molar-refractivity contribution in [3.63, 3.8) is 0 Å². The Morgan fingerprint density at radius 2 is 1.89 bits per heavy atom. The van der Waals surface area contributed by atoms with Gasteiger partial charge < -0.3 is 20.8 Å². The molecule has 0 aliphatic rings. The van der Waals surface area contributed by atoms with Gasteiger partial charge >= 0.3 is 12.0 Å². The first kappa shape index (κ1) is 17.6. The van der Waals surface area contributed by atoms with Gasteiger partial charge in [-0.05, 0) is 0 Å². The molecule has 0 aliphatic heterocycles. The maximum absolute atomic E-state index is 11.4. The van der Waals surface area contributed by atoms with Crippen molar-refractivity contribution in [2.24, 2.45) is 0 Å². The zero-order valence-corrected chi connectivity index (χ0v) is 11.6. The van der Waals surface area contributed by atoms with Crippen molar-refractivity contribution < 1.29 is 28.2 Å². The number of nitrogens with one attached hydrogen (secondary N) is 2. The Morgan fingerprint density at radius 3 is 2.32 bits per heavy atom. The highest BCUT2D eigenvalue weighted by molar-refractivity contribution is 7.89. The quantitative estimate of drug-likeness (QED) is 0.409. The van der Waals surface area contributed by atoms with Gasteiger partial charge in [0.15, 0.2) is 0 Å². The highest BCUT2D eigenvalue weighted by Crippen LogP contribution is 1.93. The fourth-order valence-electron chi connectivity index (χ4n) is 1.07. The minimum atomic E-state index is -3.41. The summed E-state index contributed by atoms with van der Waals surface area (Å²) in [6.45, 7) is -0.524. The summed E-state index contributed by atoms with van der Waals surface area (Å²) in [7, 11) is -0.670. The molecule has 0 rings (SSSR count). The number of carboxylic acid groups (broad SMARTS) is 1. The predicted molar refractivity (Wildman–Crippen MR) is 67.1 cm³/mol. The van der Waals surface area contributed by atoms with Gasteiger partial charge in [0.2, 0.25) is 10.0 Å². The molecule has 0 spiro atoms. The van der Waals surface area contributed by atoms with Crippen LogP contribution in [0.5, 0.6) is 0 Å². The number of carboxylic acids is 1. The highest BCUT2D eigenvalue weighted by atomic mass is 32.2. The molecule has 0 aromatic carbocycles. The van der Waals surface area contributed by atoms with Crippen LogP contribution in [0.4, 0.5) is 4.79 Å². The van der Waals surface area contributed by atoms with E-state index in [0.29, 0.717) is 0 Å². The van der Waals surface area contributed by atoms with Gasteiger partial charge in [0.1, 0.15) is 6.04 Å². The van der Waals surface area contributed by atoms with Crippen LogP contribution < -0.4 is 10.6 Å². The molecule has 0 saturated heterocycles. The third-order valence-electron chi connectivity index (χ3n) is 2.22. The Balaban J connectivity index is 4.16. The number of hydrogen-bond donors (Lipinski definition) is 4. The van der Waals surface area contributed by atoms with E-state index in [1.165, 1.54) is 14.1 Å². The first-order valence-electron chi connectivity index (χ1n) is 5.49. The first-order valence-corrected chi connectivity index (χ1v) is 7.10. The number of aliphatic hydroxyl groups excluding tert-OH is 1. The molecule has 4 N–H and O–H groups in total. The van der Waals surface area contributed by atoms with E-state index in [4.69, 9.17) is 10.2 Å². The summed E-state index contributed by atoms with van der Waals surface area (Å²) in [6, 6.07) is -2.01. The summed E-state index contributed by atoms with van der Waals surface area (Å²) in [6.07, 6.45) is -0.126. The van der Waals surface area contributed by atoms with Gasteiger partial charge in [-0.25, -0.2) is 22.3 Å². The van der Waals surface area contributed by atoms with E-state index in [1.807, 2.05) is 0 Å². The summed E-state index contributed by atoms with van der Waals surface area (Å²) >= 11 is 0. The average Bonchev–Trinajstić information content (AvgIpc) is 2.27. The fraction of sp³-hybridized carbons (Fsp3) is 0.778. The summed E-state index contributed by atoms with van der Waals surface area (Å²) in [5, 5.41) is 21.7.